The summed E-state index contributed by atoms with van der Waals surface area (Å²) in [6, 6.07) is 15.3. The second-order valence-electron chi connectivity index (χ2n) is 8.60. The fourth-order valence-electron chi connectivity index (χ4n) is 5.25. The lowest BCUT2D eigenvalue weighted by Crippen LogP contribution is -2.41. The van der Waals surface area contributed by atoms with Gasteiger partial charge in [-0.25, -0.2) is 10.9 Å². The third kappa shape index (κ3) is 3.50. The van der Waals surface area contributed by atoms with Gasteiger partial charge in [0.25, 0.3) is 0 Å². The first-order valence-corrected chi connectivity index (χ1v) is 12.0. The van der Waals surface area contributed by atoms with Crippen LogP contribution in [0, 0.1) is 19.8 Å². The van der Waals surface area contributed by atoms with E-state index in [1.54, 1.807) is 24.1 Å². The number of nitrogens with zero attached hydrogens (tertiary/aromatic N) is 1. The summed E-state index contributed by atoms with van der Waals surface area (Å²) in [6.07, 6.45) is 3.69. The van der Waals surface area contributed by atoms with Gasteiger partial charge in [0.05, 0.1) is 24.9 Å². The Hall–Kier alpha value is -2.74. The molecule has 32 heavy (non-hydrogen) atoms. The molecular formula is C25H27N3O3S. The highest BCUT2D eigenvalue weighted by Crippen LogP contribution is 2.50. The van der Waals surface area contributed by atoms with E-state index in [4.69, 9.17) is 4.42 Å². The lowest BCUT2D eigenvalue weighted by molar-refractivity contribution is -0.131. The Kier molecular flexibility index (Phi) is 5.49. The average Bonchev–Trinajstić information content (AvgIpc) is 3.48. The molecule has 3 N–H and O–H groups in total. The lowest BCUT2D eigenvalue weighted by atomic mass is 9.81. The molecule has 7 heteroatoms. The van der Waals surface area contributed by atoms with E-state index in [-0.39, 0.29) is 35.7 Å². The smallest absolute Gasteiger partial charge is 0.242 e. The van der Waals surface area contributed by atoms with E-state index in [9.17, 15) is 9.90 Å². The number of aryl methyl sites for hydroxylation is 2. The Morgan fingerprint density at radius 2 is 1.84 bits per heavy atom. The van der Waals surface area contributed by atoms with Crippen molar-refractivity contribution in [3.8, 4) is 5.75 Å². The van der Waals surface area contributed by atoms with Crippen LogP contribution in [0.15, 0.2) is 64.1 Å². The number of phenols is 1. The van der Waals surface area contributed by atoms with Crippen LogP contribution in [0.5, 0.6) is 5.75 Å². The maximum absolute atomic E-state index is 13.5. The minimum absolute atomic E-state index is 0.0320. The van der Waals surface area contributed by atoms with Crippen molar-refractivity contribution < 1.29 is 14.3 Å². The number of carbonyl (C=O) groups excluding carboxylic acids is 1. The number of aromatic hydroxyl groups is 1. The molecule has 0 saturated carbocycles. The van der Waals surface area contributed by atoms with Crippen molar-refractivity contribution in [1.82, 2.24) is 15.8 Å². The lowest BCUT2D eigenvalue weighted by Gasteiger charge is -2.31. The zero-order valence-electron chi connectivity index (χ0n) is 18.3. The van der Waals surface area contributed by atoms with Crippen molar-refractivity contribution in [2.45, 2.75) is 43.4 Å². The third-order valence-corrected chi connectivity index (χ3v) is 7.34. The molecule has 2 fully saturated rings. The molecule has 2 saturated heterocycles. The summed E-state index contributed by atoms with van der Waals surface area (Å²) in [5, 5.41) is 10.8. The average molecular weight is 450 g/mol. The van der Waals surface area contributed by atoms with Gasteiger partial charge in [-0.05, 0) is 67.1 Å². The highest BCUT2D eigenvalue weighted by atomic mass is 32.2. The Morgan fingerprint density at radius 1 is 1.09 bits per heavy atom. The summed E-state index contributed by atoms with van der Waals surface area (Å²) >= 11 is 1.69. The Labute approximate surface area is 192 Å². The number of phenolic OH excluding ortho intramolecular Hbond substituents is 1. The normalized spacial score (nSPS) is 24.8. The van der Waals surface area contributed by atoms with Gasteiger partial charge in [-0.15, -0.1) is 11.8 Å². The van der Waals surface area contributed by atoms with Crippen LogP contribution in [0.25, 0.3) is 0 Å². The molecule has 2 aliphatic rings. The van der Waals surface area contributed by atoms with Crippen molar-refractivity contribution in [2.75, 3.05) is 6.26 Å². The van der Waals surface area contributed by atoms with Gasteiger partial charge in [-0.2, -0.15) is 0 Å². The monoisotopic (exact) mass is 449 g/mol. The molecular weight excluding hydrogens is 422 g/mol. The van der Waals surface area contributed by atoms with Crippen molar-refractivity contribution in [3.05, 3.63) is 82.8 Å². The number of hydrazine groups is 1. The molecule has 3 heterocycles. The van der Waals surface area contributed by atoms with Crippen LogP contribution in [-0.2, 0) is 11.3 Å². The number of benzene rings is 2. The van der Waals surface area contributed by atoms with Crippen LogP contribution in [-0.4, -0.2) is 28.2 Å². The topological polar surface area (TPSA) is 77.7 Å². The van der Waals surface area contributed by atoms with Gasteiger partial charge in [0, 0.05) is 16.4 Å². The quantitative estimate of drug-likeness (QED) is 0.506. The van der Waals surface area contributed by atoms with E-state index in [1.165, 1.54) is 4.90 Å². The van der Waals surface area contributed by atoms with Gasteiger partial charge in [-0.1, -0.05) is 18.2 Å². The van der Waals surface area contributed by atoms with Gasteiger partial charge in [-0.3, -0.25) is 4.79 Å². The van der Waals surface area contributed by atoms with Crippen molar-refractivity contribution in [2.24, 2.45) is 5.92 Å². The van der Waals surface area contributed by atoms with Gasteiger partial charge >= 0.3 is 0 Å². The fourth-order valence-corrected chi connectivity index (χ4v) is 5.66. The molecule has 3 aromatic rings. The van der Waals surface area contributed by atoms with Gasteiger partial charge in [0.1, 0.15) is 17.6 Å². The molecule has 6 nitrogen and oxygen atoms in total. The van der Waals surface area contributed by atoms with E-state index in [0.717, 1.165) is 28.0 Å². The summed E-state index contributed by atoms with van der Waals surface area (Å²) < 4.78 is 5.58. The van der Waals surface area contributed by atoms with E-state index < -0.39 is 0 Å². The summed E-state index contributed by atoms with van der Waals surface area (Å²) in [4.78, 5) is 16.6. The van der Waals surface area contributed by atoms with E-state index >= 15 is 0 Å². The minimum atomic E-state index is -0.389. The molecule has 4 atom stereocenters. The molecule has 0 spiro atoms. The summed E-state index contributed by atoms with van der Waals surface area (Å²) in [6.45, 7) is 4.39. The zero-order chi connectivity index (χ0) is 22.4. The second-order valence-corrected chi connectivity index (χ2v) is 9.48. The predicted molar refractivity (Wildman–Crippen MR) is 124 cm³/mol. The largest absolute Gasteiger partial charge is 0.508 e. The number of hydrogen-bond donors (Lipinski definition) is 3. The van der Waals surface area contributed by atoms with E-state index in [0.29, 0.717) is 6.54 Å². The molecule has 0 bridgehead atoms. The van der Waals surface area contributed by atoms with Crippen molar-refractivity contribution in [1.29, 1.82) is 0 Å². The van der Waals surface area contributed by atoms with Crippen LogP contribution >= 0.6 is 11.8 Å². The van der Waals surface area contributed by atoms with Crippen molar-refractivity contribution >= 4 is 17.7 Å². The number of nitrogens with one attached hydrogen (secondary N) is 2. The number of hydrogen-bond acceptors (Lipinski definition) is 6. The molecule has 0 radical (unpaired) electrons. The number of carbonyl (C=O) groups is 1. The predicted octanol–water partition coefficient (Wildman–Crippen LogP) is 4.24. The Bertz CT molecular complexity index is 1110. The first-order valence-electron chi connectivity index (χ1n) is 10.8. The molecule has 5 rings (SSSR count). The number of likely N-dealkylation sites (tertiary alicyclic amines) is 1. The Morgan fingerprint density at radius 3 is 2.50 bits per heavy atom. The maximum atomic E-state index is 13.5. The van der Waals surface area contributed by atoms with Crippen LogP contribution in [0.2, 0.25) is 0 Å². The van der Waals surface area contributed by atoms with E-state index in [2.05, 4.69) is 47.4 Å². The molecule has 2 aliphatic heterocycles. The summed E-state index contributed by atoms with van der Waals surface area (Å²) in [7, 11) is 0. The number of rotatable bonds is 5. The SMILES string of the molecule is CSc1ccc(C2C3C(NNC3c3c(C)cc(C)cc3O)C(=O)N2Cc2ccco2)cc1. The molecule has 2 aromatic carbocycles. The van der Waals surface area contributed by atoms with Crippen LogP contribution in [0.1, 0.15) is 40.1 Å². The van der Waals surface area contributed by atoms with Crippen LogP contribution in [0.3, 0.4) is 0 Å². The highest BCUT2D eigenvalue weighted by molar-refractivity contribution is 7.98. The highest BCUT2D eigenvalue weighted by Gasteiger charge is 2.56. The third-order valence-electron chi connectivity index (χ3n) is 6.60. The number of amides is 1. The number of thioether (sulfide) groups is 1. The Balaban J connectivity index is 1.59. The minimum Gasteiger partial charge on any atom is -0.508 e. The van der Waals surface area contributed by atoms with E-state index in [1.807, 2.05) is 30.9 Å². The van der Waals surface area contributed by atoms with Crippen LogP contribution in [0.4, 0.5) is 0 Å². The zero-order valence-corrected chi connectivity index (χ0v) is 19.1. The van der Waals surface area contributed by atoms with Gasteiger partial charge in [0.15, 0.2) is 0 Å². The molecule has 4 unspecified atom stereocenters. The molecule has 0 aliphatic carbocycles. The number of fused-ring (bicyclic) bond motifs is 1. The second kappa shape index (κ2) is 8.31. The molecule has 166 valence electrons. The first-order chi connectivity index (χ1) is 15.5. The standard InChI is InChI=1S/C25H27N3O3S/c1-14-11-15(2)20(19(29)12-14)22-21-23(27-26-22)25(30)28(13-17-5-4-10-31-17)24(21)16-6-8-18(32-3)9-7-16/h4-12,21-24,26-27,29H,13H2,1-3H3. The summed E-state index contributed by atoms with van der Waals surface area (Å²) in [5.74, 6) is 0.952. The maximum Gasteiger partial charge on any atom is 0.242 e. The van der Waals surface area contributed by atoms with Crippen LogP contribution < -0.4 is 10.9 Å². The van der Waals surface area contributed by atoms with Gasteiger partial charge in [0.2, 0.25) is 5.91 Å². The van der Waals surface area contributed by atoms with Crippen molar-refractivity contribution in [3.63, 3.8) is 0 Å². The summed E-state index contributed by atoms with van der Waals surface area (Å²) in [5.41, 5.74) is 10.5. The fraction of sp³-hybridized carbons (Fsp3) is 0.320. The number of furan rings is 1. The van der Waals surface area contributed by atoms with Gasteiger partial charge < -0.3 is 14.4 Å². The molecule has 1 aromatic heterocycles. The molecule has 1 amide bonds. The first kappa shape index (κ1) is 21.1.